The molecule has 1 saturated heterocycles. The average molecular weight is 411 g/mol. The molecule has 1 aliphatic carbocycles. The molecule has 1 aromatic heterocycles. The molecule has 0 saturated carbocycles. The van der Waals surface area contributed by atoms with E-state index < -0.39 is 0 Å². The Labute approximate surface area is 179 Å². The molecule has 162 valence electrons. The molecule has 0 bridgehead atoms. The molecule has 1 atom stereocenters. The second-order valence-corrected chi connectivity index (χ2v) is 8.87. The largest absolute Gasteiger partial charge is 0.383 e. The van der Waals surface area contributed by atoms with Crippen molar-refractivity contribution in [3.05, 3.63) is 52.8 Å². The summed E-state index contributed by atoms with van der Waals surface area (Å²) < 4.78 is 6.99. The highest BCUT2D eigenvalue weighted by Gasteiger charge is 2.32. The van der Waals surface area contributed by atoms with Gasteiger partial charge < -0.3 is 9.64 Å². The molecule has 1 fully saturated rings. The molecule has 6 heteroatoms. The molecule has 30 heavy (non-hydrogen) atoms. The van der Waals surface area contributed by atoms with Crippen molar-refractivity contribution >= 4 is 5.91 Å². The maximum Gasteiger partial charge on any atom is 0.272 e. The summed E-state index contributed by atoms with van der Waals surface area (Å²) in [5.74, 6) is 0.554. The average Bonchev–Trinajstić information content (AvgIpc) is 3.33. The van der Waals surface area contributed by atoms with Gasteiger partial charge in [0.15, 0.2) is 0 Å². The monoisotopic (exact) mass is 410 g/mol. The summed E-state index contributed by atoms with van der Waals surface area (Å²) in [7, 11) is 3.53. The fourth-order valence-corrected chi connectivity index (χ4v) is 5.13. The van der Waals surface area contributed by atoms with Gasteiger partial charge >= 0.3 is 0 Å². The van der Waals surface area contributed by atoms with E-state index in [4.69, 9.17) is 4.74 Å². The van der Waals surface area contributed by atoms with Crippen LogP contribution in [0.25, 0.3) is 0 Å². The van der Waals surface area contributed by atoms with Crippen molar-refractivity contribution in [1.29, 1.82) is 0 Å². The molecule has 2 heterocycles. The number of ether oxygens (including phenoxy) is 1. The van der Waals surface area contributed by atoms with Gasteiger partial charge in [0.05, 0.1) is 12.3 Å². The molecular weight excluding hydrogens is 376 g/mol. The van der Waals surface area contributed by atoms with E-state index >= 15 is 0 Å². The Hall–Kier alpha value is -2.18. The van der Waals surface area contributed by atoms with Gasteiger partial charge in [-0.2, -0.15) is 5.10 Å². The molecule has 1 amide bonds. The molecule has 1 aliphatic heterocycles. The minimum Gasteiger partial charge on any atom is -0.383 e. The van der Waals surface area contributed by atoms with Crippen LogP contribution >= 0.6 is 0 Å². The van der Waals surface area contributed by atoms with Crippen molar-refractivity contribution in [1.82, 2.24) is 19.6 Å². The maximum absolute atomic E-state index is 13.2. The first-order valence-corrected chi connectivity index (χ1v) is 11.1. The van der Waals surface area contributed by atoms with Crippen LogP contribution in [0, 0.1) is 12.8 Å². The van der Waals surface area contributed by atoms with Crippen molar-refractivity contribution in [3.8, 4) is 0 Å². The summed E-state index contributed by atoms with van der Waals surface area (Å²) >= 11 is 0. The number of aromatic nitrogens is 2. The van der Waals surface area contributed by atoms with Gasteiger partial charge in [0.2, 0.25) is 0 Å². The molecule has 1 unspecified atom stereocenters. The standard InChI is InChI=1S/C24H34N4O2/c1-18-13-23(26(2)25-18)24(29)28(11-12-30-3)17-19-7-6-10-27(16-19)22-14-20-8-4-5-9-21(20)15-22/h4-5,8-9,13,19,22H,6-7,10-12,14-17H2,1-3H3. The van der Waals surface area contributed by atoms with Crippen LogP contribution in [-0.4, -0.2) is 71.4 Å². The summed E-state index contributed by atoms with van der Waals surface area (Å²) in [4.78, 5) is 17.9. The number of methoxy groups -OCH3 is 1. The van der Waals surface area contributed by atoms with Gasteiger partial charge in [0.25, 0.3) is 5.91 Å². The number of fused-ring (bicyclic) bond motifs is 1. The number of carbonyl (C=O) groups is 1. The topological polar surface area (TPSA) is 50.6 Å². The molecule has 0 N–H and O–H groups in total. The predicted molar refractivity (Wildman–Crippen MR) is 118 cm³/mol. The summed E-state index contributed by atoms with van der Waals surface area (Å²) in [6, 6.07) is 11.3. The highest BCUT2D eigenvalue weighted by molar-refractivity contribution is 5.92. The van der Waals surface area contributed by atoms with Gasteiger partial charge in [-0.15, -0.1) is 0 Å². The smallest absolute Gasteiger partial charge is 0.272 e. The first kappa shape index (κ1) is 21.1. The quantitative estimate of drug-likeness (QED) is 0.704. The number of hydrogen-bond acceptors (Lipinski definition) is 4. The van der Waals surface area contributed by atoms with E-state index in [1.54, 1.807) is 11.8 Å². The van der Waals surface area contributed by atoms with Crippen LogP contribution in [0.2, 0.25) is 0 Å². The number of amides is 1. The highest BCUT2D eigenvalue weighted by Crippen LogP contribution is 2.29. The van der Waals surface area contributed by atoms with Crippen molar-refractivity contribution in [3.63, 3.8) is 0 Å². The number of piperidine rings is 1. The lowest BCUT2D eigenvalue weighted by molar-refractivity contribution is 0.0564. The molecular formula is C24H34N4O2. The van der Waals surface area contributed by atoms with E-state index in [1.807, 2.05) is 24.9 Å². The Balaban J connectivity index is 1.41. The Kier molecular flexibility index (Phi) is 6.54. The Bertz CT molecular complexity index is 853. The normalized spacial score (nSPS) is 19.8. The van der Waals surface area contributed by atoms with Crippen LogP contribution in [0.1, 0.15) is 40.2 Å². The number of aryl methyl sites for hydroxylation is 2. The lowest BCUT2D eigenvalue weighted by Gasteiger charge is -2.38. The fraction of sp³-hybridized carbons (Fsp3) is 0.583. The number of hydrogen-bond donors (Lipinski definition) is 0. The van der Waals surface area contributed by atoms with E-state index in [1.165, 1.54) is 30.5 Å². The number of rotatable bonds is 7. The summed E-state index contributed by atoms with van der Waals surface area (Å²) in [6.07, 6.45) is 4.69. The summed E-state index contributed by atoms with van der Waals surface area (Å²) in [6.45, 7) is 6.11. The van der Waals surface area contributed by atoms with Crippen molar-refractivity contribution in [2.45, 2.75) is 38.6 Å². The Morgan fingerprint density at radius 2 is 2.00 bits per heavy atom. The van der Waals surface area contributed by atoms with Crippen molar-refractivity contribution < 1.29 is 9.53 Å². The third kappa shape index (κ3) is 4.60. The van der Waals surface area contributed by atoms with Crippen LogP contribution in [0.5, 0.6) is 0 Å². The molecule has 0 spiro atoms. The zero-order chi connectivity index (χ0) is 21.1. The van der Waals surface area contributed by atoms with Crippen LogP contribution in [-0.2, 0) is 24.6 Å². The zero-order valence-electron chi connectivity index (χ0n) is 18.5. The SMILES string of the molecule is COCCN(CC1CCCN(C2Cc3ccccc3C2)C1)C(=O)c1cc(C)nn1C. The lowest BCUT2D eigenvalue weighted by Crippen LogP contribution is -2.47. The predicted octanol–water partition coefficient (Wildman–Crippen LogP) is 2.70. The van der Waals surface area contributed by atoms with Crippen LogP contribution < -0.4 is 0 Å². The molecule has 2 aromatic rings. The van der Waals surface area contributed by atoms with E-state index in [9.17, 15) is 4.79 Å². The third-order valence-electron chi connectivity index (χ3n) is 6.65. The van der Waals surface area contributed by atoms with Gasteiger partial charge in [-0.1, -0.05) is 24.3 Å². The van der Waals surface area contributed by atoms with Crippen LogP contribution in [0.4, 0.5) is 0 Å². The summed E-state index contributed by atoms with van der Waals surface area (Å²) in [5, 5.41) is 4.36. The fourth-order valence-electron chi connectivity index (χ4n) is 5.13. The molecule has 6 nitrogen and oxygen atoms in total. The molecule has 4 rings (SSSR count). The Morgan fingerprint density at radius 1 is 1.27 bits per heavy atom. The molecule has 0 radical (unpaired) electrons. The van der Waals surface area contributed by atoms with E-state index in [0.29, 0.717) is 30.8 Å². The van der Waals surface area contributed by atoms with Crippen molar-refractivity contribution in [2.24, 2.45) is 13.0 Å². The van der Waals surface area contributed by atoms with Crippen molar-refractivity contribution in [2.75, 3.05) is 39.9 Å². The van der Waals surface area contributed by atoms with Gasteiger partial charge in [-0.25, -0.2) is 0 Å². The highest BCUT2D eigenvalue weighted by atomic mass is 16.5. The molecule has 2 aliphatic rings. The zero-order valence-corrected chi connectivity index (χ0v) is 18.5. The maximum atomic E-state index is 13.2. The lowest BCUT2D eigenvalue weighted by atomic mass is 9.95. The van der Waals surface area contributed by atoms with E-state index in [-0.39, 0.29) is 5.91 Å². The van der Waals surface area contributed by atoms with E-state index in [2.05, 4.69) is 34.3 Å². The third-order valence-corrected chi connectivity index (χ3v) is 6.65. The number of carbonyl (C=O) groups excluding carboxylic acids is 1. The minimum absolute atomic E-state index is 0.0561. The Morgan fingerprint density at radius 3 is 2.63 bits per heavy atom. The minimum atomic E-state index is 0.0561. The van der Waals surface area contributed by atoms with Gasteiger partial charge in [-0.3, -0.25) is 14.4 Å². The second-order valence-electron chi connectivity index (χ2n) is 8.87. The summed E-state index contributed by atoms with van der Waals surface area (Å²) in [5.41, 5.74) is 4.54. The van der Waals surface area contributed by atoms with Gasteiger partial charge in [0.1, 0.15) is 5.69 Å². The molecule has 1 aromatic carbocycles. The van der Waals surface area contributed by atoms with Crippen LogP contribution in [0.15, 0.2) is 30.3 Å². The van der Waals surface area contributed by atoms with Gasteiger partial charge in [-0.05, 0) is 62.3 Å². The number of nitrogens with zero attached hydrogens (tertiary/aromatic N) is 4. The number of likely N-dealkylation sites (tertiary alicyclic amines) is 1. The van der Waals surface area contributed by atoms with Crippen LogP contribution in [0.3, 0.4) is 0 Å². The first-order valence-electron chi connectivity index (χ1n) is 11.1. The first-order chi connectivity index (χ1) is 14.5. The number of benzene rings is 1. The van der Waals surface area contributed by atoms with Gasteiger partial charge in [0, 0.05) is 39.8 Å². The second kappa shape index (κ2) is 9.31. The van der Waals surface area contributed by atoms with E-state index in [0.717, 1.165) is 31.6 Å².